The van der Waals surface area contributed by atoms with Gasteiger partial charge in [0.15, 0.2) is 0 Å². The largest absolute Gasteiger partial charge is 0.481 e. The lowest BCUT2D eigenvalue weighted by Crippen LogP contribution is -2.09. The van der Waals surface area contributed by atoms with Crippen LogP contribution in [0.25, 0.3) is 11.3 Å². The van der Waals surface area contributed by atoms with Crippen LogP contribution < -0.4 is 4.74 Å². The highest BCUT2D eigenvalue weighted by Crippen LogP contribution is 2.28. The summed E-state index contributed by atoms with van der Waals surface area (Å²) in [5.74, 6) is 0.507. The Morgan fingerprint density at radius 3 is 2.90 bits per heavy atom. The number of rotatable bonds is 7. The van der Waals surface area contributed by atoms with E-state index < -0.39 is 0 Å². The summed E-state index contributed by atoms with van der Waals surface area (Å²) in [5, 5.41) is 14.0. The highest BCUT2D eigenvalue weighted by atomic mass is 16.5. The predicted octanol–water partition coefficient (Wildman–Crippen LogP) is 3.20. The third-order valence-corrected chi connectivity index (χ3v) is 3.68. The molecule has 0 saturated heterocycles. The number of unbranched alkanes of at least 4 members (excludes halogenated alkanes) is 1. The van der Waals surface area contributed by atoms with Crippen molar-refractivity contribution in [3.8, 4) is 17.1 Å². The minimum Gasteiger partial charge on any atom is -0.481 e. The van der Waals surface area contributed by atoms with Gasteiger partial charge >= 0.3 is 0 Å². The molecular weight excluding hydrogens is 266 g/mol. The molecule has 0 saturated carbocycles. The lowest BCUT2D eigenvalue weighted by atomic mass is 10.1. The van der Waals surface area contributed by atoms with E-state index >= 15 is 0 Å². The summed E-state index contributed by atoms with van der Waals surface area (Å²) in [6, 6.07) is 4.05. The molecule has 0 radical (unpaired) electrons. The molecule has 5 nitrogen and oxygen atoms in total. The van der Waals surface area contributed by atoms with E-state index in [2.05, 4.69) is 23.9 Å². The van der Waals surface area contributed by atoms with Crippen LogP contribution in [0.2, 0.25) is 0 Å². The first kappa shape index (κ1) is 15.5. The van der Waals surface area contributed by atoms with Gasteiger partial charge in [0, 0.05) is 30.1 Å². The zero-order valence-corrected chi connectivity index (χ0v) is 12.9. The highest BCUT2D eigenvalue weighted by molar-refractivity contribution is 5.63. The highest BCUT2D eigenvalue weighted by Gasteiger charge is 2.15. The van der Waals surface area contributed by atoms with E-state index in [1.165, 1.54) is 12.8 Å². The van der Waals surface area contributed by atoms with Gasteiger partial charge in [-0.25, -0.2) is 4.98 Å². The molecule has 2 aromatic rings. The van der Waals surface area contributed by atoms with Crippen LogP contribution in [0, 0.1) is 0 Å². The average molecular weight is 289 g/mol. The van der Waals surface area contributed by atoms with E-state index in [1.54, 1.807) is 25.6 Å². The summed E-state index contributed by atoms with van der Waals surface area (Å²) in [5.41, 5.74) is 2.68. The van der Waals surface area contributed by atoms with Crippen molar-refractivity contribution in [1.82, 2.24) is 14.8 Å². The molecule has 2 heterocycles. The third-order valence-electron chi connectivity index (χ3n) is 3.68. The molecular formula is C16H23N3O2. The molecule has 0 fully saturated rings. The van der Waals surface area contributed by atoms with Crippen molar-refractivity contribution in [2.24, 2.45) is 0 Å². The Balaban J connectivity index is 2.36. The van der Waals surface area contributed by atoms with Gasteiger partial charge in [0.2, 0.25) is 5.88 Å². The second-order valence-corrected chi connectivity index (χ2v) is 5.19. The Morgan fingerprint density at radius 2 is 2.24 bits per heavy atom. The molecule has 0 bridgehead atoms. The fraction of sp³-hybridized carbons (Fsp3) is 0.500. The molecule has 114 valence electrons. The standard InChI is InChI=1S/C16H23N3O2/c1-4-5-6-12(2)19-15(7-8-18-19)14-10-17-16(21-3)9-13(14)11-20/h7-10,12,20H,4-6,11H2,1-3H3. The molecule has 21 heavy (non-hydrogen) atoms. The summed E-state index contributed by atoms with van der Waals surface area (Å²) in [6.45, 7) is 4.30. The average Bonchev–Trinajstić information content (AvgIpc) is 3.01. The zero-order chi connectivity index (χ0) is 15.2. The monoisotopic (exact) mass is 289 g/mol. The maximum absolute atomic E-state index is 9.60. The third kappa shape index (κ3) is 3.42. The summed E-state index contributed by atoms with van der Waals surface area (Å²) in [4.78, 5) is 4.25. The number of nitrogens with zero attached hydrogens (tertiary/aromatic N) is 3. The number of aliphatic hydroxyl groups is 1. The maximum Gasteiger partial charge on any atom is 0.213 e. The maximum atomic E-state index is 9.60. The van der Waals surface area contributed by atoms with E-state index in [4.69, 9.17) is 4.74 Å². The first-order valence-corrected chi connectivity index (χ1v) is 7.38. The van der Waals surface area contributed by atoms with Crippen molar-refractivity contribution in [2.75, 3.05) is 7.11 Å². The molecule has 1 atom stereocenters. The second kappa shape index (κ2) is 7.22. The summed E-state index contributed by atoms with van der Waals surface area (Å²) >= 11 is 0. The molecule has 0 aliphatic heterocycles. The molecule has 2 rings (SSSR count). The molecule has 0 aromatic carbocycles. The van der Waals surface area contributed by atoms with Gasteiger partial charge in [-0.3, -0.25) is 4.68 Å². The van der Waals surface area contributed by atoms with Crippen molar-refractivity contribution in [3.63, 3.8) is 0 Å². The molecule has 2 aromatic heterocycles. The molecule has 1 unspecified atom stereocenters. The van der Waals surface area contributed by atoms with Gasteiger partial charge < -0.3 is 9.84 Å². The van der Waals surface area contributed by atoms with Gasteiger partial charge in [-0.05, 0) is 25.0 Å². The topological polar surface area (TPSA) is 60.2 Å². The van der Waals surface area contributed by atoms with E-state index in [9.17, 15) is 5.11 Å². The first-order chi connectivity index (χ1) is 10.2. The van der Waals surface area contributed by atoms with E-state index in [1.807, 2.05) is 10.7 Å². The van der Waals surface area contributed by atoms with Crippen molar-refractivity contribution < 1.29 is 9.84 Å². The van der Waals surface area contributed by atoms with Gasteiger partial charge in [-0.1, -0.05) is 19.8 Å². The summed E-state index contributed by atoms with van der Waals surface area (Å²) < 4.78 is 7.13. The Bertz CT molecular complexity index is 581. The van der Waals surface area contributed by atoms with Gasteiger partial charge in [0.05, 0.1) is 19.4 Å². The molecule has 0 amide bonds. The van der Waals surface area contributed by atoms with E-state index in [0.29, 0.717) is 11.9 Å². The molecule has 5 heteroatoms. The van der Waals surface area contributed by atoms with E-state index in [0.717, 1.165) is 23.2 Å². The Kier molecular flexibility index (Phi) is 5.33. The number of aliphatic hydroxyl groups excluding tert-OH is 1. The van der Waals surface area contributed by atoms with Crippen LogP contribution in [0.3, 0.4) is 0 Å². The minimum atomic E-state index is -0.0528. The van der Waals surface area contributed by atoms with Crippen LogP contribution in [0.5, 0.6) is 5.88 Å². The first-order valence-electron chi connectivity index (χ1n) is 7.38. The quantitative estimate of drug-likeness (QED) is 0.850. The molecule has 1 N–H and O–H groups in total. The summed E-state index contributed by atoms with van der Waals surface area (Å²) in [6.07, 6.45) is 6.97. The smallest absolute Gasteiger partial charge is 0.213 e. The van der Waals surface area contributed by atoms with Crippen molar-refractivity contribution in [2.45, 2.75) is 45.8 Å². The zero-order valence-electron chi connectivity index (χ0n) is 12.9. The van der Waals surface area contributed by atoms with Crippen LogP contribution in [0.15, 0.2) is 24.5 Å². The lowest BCUT2D eigenvalue weighted by molar-refractivity contribution is 0.281. The number of hydrogen-bond donors (Lipinski definition) is 1. The molecule has 0 aliphatic rings. The normalized spacial score (nSPS) is 12.4. The fourth-order valence-corrected chi connectivity index (χ4v) is 2.45. The van der Waals surface area contributed by atoms with Crippen LogP contribution in [-0.2, 0) is 6.61 Å². The number of methoxy groups -OCH3 is 1. The lowest BCUT2D eigenvalue weighted by Gasteiger charge is -2.17. The number of hydrogen-bond acceptors (Lipinski definition) is 4. The Hall–Kier alpha value is -1.88. The number of ether oxygens (including phenoxy) is 1. The molecule has 0 spiro atoms. The summed E-state index contributed by atoms with van der Waals surface area (Å²) in [7, 11) is 1.57. The van der Waals surface area contributed by atoms with Crippen LogP contribution in [0.4, 0.5) is 0 Å². The van der Waals surface area contributed by atoms with Gasteiger partial charge in [-0.2, -0.15) is 5.10 Å². The van der Waals surface area contributed by atoms with Gasteiger partial charge in [0.25, 0.3) is 0 Å². The van der Waals surface area contributed by atoms with Crippen molar-refractivity contribution in [1.29, 1.82) is 0 Å². The van der Waals surface area contributed by atoms with Crippen LogP contribution >= 0.6 is 0 Å². The number of pyridine rings is 1. The SMILES string of the molecule is CCCCC(C)n1nccc1-c1cnc(OC)cc1CO. The predicted molar refractivity (Wildman–Crippen MR) is 82.2 cm³/mol. The van der Waals surface area contributed by atoms with Crippen LogP contribution in [0.1, 0.15) is 44.7 Å². The second-order valence-electron chi connectivity index (χ2n) is 5.19. The van der Waals surface area contributed by atoms with Gasteiger partial charge in [-0.15, -0.1) is 0 Å². The fourth-order valence-electron chi connectivity index (χ4n) is 2.45. The van der Waals surface area contributed by atoms with Crippen LogP contribution in [-0.4, -0.2) is 27.0 Å². The Labute approximate surface area is 125 Å². The van der Waals surface area contributed by atoms with E-state index in [-0.39, 0.29) is 6.61 Å². The Morgan fingerprint density at radius 1 is 1.43 bits per heavy atom. The number of aromatic nitrogens is 3. The van der Waals surface area contributed by atoms with Gasteiger partial charge in [0.1, 0.15) is 0 Å². The minimum absolute atomic E-state index is 0.0528. The van der Waals surface area contributed by atoms with Crippen molar-refractivity contribution >= 4 is 0 Å². The van der Waals surface area contributed by atoms with Crippen molar-refractivity contribution in [3.05, 3.63) is 30.1 Å². The molecule has 0 aliphatic carbocycles.